The quantitative estimate of drug-likeness (QED) is 0.650. The van der Waals surface area contributed by atoms with E-state index in [9.17, 15) is 4.79 Å². The summed E-state index contributed by atoms with van der Waals surface area (Å²) in [6.07, 6.45) is 0. The highest BCUT2D eigenvalue weighted by molar-refractivity contribution is 6.40. The third-order valence-corrected chi connectivity index (χ3v) is 4.21. The summed E-state index contributed by atoms with van der Waals surface area (Å²) in [5.41, 5.74) is 2.34. The summed E-state index contributed by atoms with van der Waals surface area (Å²) < 4.78 is 0. The van der Waals surface area contributed by atoms with Gasteiger partial charge in [0.05, 0.1) is 15.7 Å². The Bertz CT molecular complexity index is 912. The van der Waals surface area contributed by atoms with Gasteiger partial charge in [-0.2, -0.15) is 0 Å². The highest BCUT2D eigenvalue weighted by Crippen LogP contribution is 2.30. The largest absolute Gasteiger partial charge is 0.350 e. The molecule has 0 aliphatic rings. The van der Waals surface area contributed by atoms with Crippen molar-refractivity contribution in [1.29, 1.82) is 0 Å². The number of para-hydroxylation sites is 1. The Hall–Kier alpha value is -2.63. The van der Waals surface area contributed by atoms with Crippen LogP contribution in [-0.4, -0.2) is 15.9 Å². The minimum absolute atomic E-state index is 0.226. The second kappa shape index (κ2) is 8.17. The molecule has 1 aromatic heterocycles. The molecule has 7 heteroatoms. The van der Waals surface area contributed by atoms with E-state index in [0.29, 0.717) is 33.9 Å². The topological polar surface area (TPSA) is 66.9 Å². The molecule has 0 fully saturated rings. The molecule has 0 saturated carbocycles. The van der Waals surface area contributed by atoms with Crippen molar-refractivity contribution in [2.24, 2.45) is 0 Å². The van der Waals surface area contributed by atoms with Crippen LogP contribution in [0, 0.1) is 6.92 Å². The fraction of sp³-hybridized carbons (Fsp3) is 0.105. The van der Waals surface area contributed by atoms with Crippen molar-refractivity contribution >= 4 is 40.7 Å². The van der Waals surface area contributed by atoms with Gasteiger partial charge in [0.25, 0.3) is 5.91 Å². The Balaban J connectivity index is 1.77. The van der Waals surface area contributed by atoms with E-state index >= 15 is 0 Å². The van der Waals surface area contributed by atoms with Crippen LogP contribution in [0.4, 0.5) is 11.6 Å². The van der Waals surface area contributed by atoms with Crippen molar-refractivity contribution in [3.05, 3.63) is 81.6 Å². The molecule has 0 aliphatic carbocycles. The Morgan fingerprint density at radius 3 is 2.38 bits per heavy atom. The zero-order valence-electron chi connectivity index (χ0n) is 14.0. The summed E-state index contributed by atoms with van der Waals surface area (Å²) in [6.45, 7) is 2.36. The number of aromatic nitrogens is 2. The molecule has 2 N–H and O–H groups in total. The monoisotopic (exact) mass is 386 g/mol. The minimum Gasteiger partial charge on any atom is -0.350 e. The van der Waals surface area contributed by atoms with Crippen LogP contribution in [0.15, 0.2) is 54.6 Å². The molecule has 5 nitrogen and oxygen atoms in total. The van der Waals surface area contributed by atoms with Crippen LogP contribution >= 0.6 is 23.2 Å². The average molecular weight is 387 g/mol. The third kappa shape index (κ3) is 4.50. The summed E-state index contributed by atoms with van der Waals surface area (Å²) in [4.78, 5) is 21.2. The Kier molecular flexibility index (Phi) is 5.71. The van der Waals surface area contributed by atoms with Crippen LogP contribution in [0.25, 0.3) is 0 Å². The van der Waals surface area contributed by atoms with Crippen molar-refractivity contribution in [3.8, 4) is 0 Å². The van der Waals surface area contributed by atoms with Gasteiger partial charge in [0.1, 0.15) is 5.69 Å². The number of hydrogen-bond donors (Lipinski definition) is 2. The van der Waals surface area contributed by atoms with Gasteiger partial charge in [-0.3, -0.25) is 4.79 Å². The number of nitrogens with one attached hydrogen (secondary N) is 2. The van der Waals surface area contributed by atoms with Gasteiger partial charge in [-0.05, 0) is 30.7 Å². The van der Waals surface area contributed by atoms with Crippen LogP contribution in [0.1, 0.15) is 21.7 Å². The first-order valence-corrected chi connectivity index (χ1v) is 8.67. The number of carbonyl (C=O) groups excluding carboxylic acids is 1. The van der Waals surface area contributed by atoms with E-state index in [1.165, 1.54) is 0 Å². The second-order valence-electron chi connectivity index (χ2n) is 5.61. The summed E-state index contributed by atoms with van der Waals surface area (Å²) >= 11 is 12.2. The third-order valence-electron chi connectivity index (χ3n) is 3.58. The smallest absolute Gasteiger partial charge is 0.274 e. The fourth-order valence-corrected chi connectivity index (χ4v) is 2.83. The standard InChI is InChI=1S/C19H16Cl2N4O/c1-12-10-16(18(26)25-17-14(20)8-5-9-15(17)21)24-19(23-12)22-11-13-6-3-2-4-7-13/h2-10H,11H2,1H3,(H,25,26)(H,22,23,24). The highest BCUT2D eigenvalue weighted by Gasteiger charge is 2.14. The van der Waals surface area contributed by atoms with Gasteiger partial charge < -0.3 is 10.6 Å². The van der Waals surface area contributed by atoms with E-state index in [-0.39, 0.29) is 5.69 Å². The molecular formula is C19H16Cl2N4O. The fourth-order valence-electron chi connectivity index (χ4n) is 2.34. The van der Waals surface area contributed by atoms with E-state index in [0.717, 1.165) is 5.56 Å². The molecule has 3 rings (SSSR count). The van der Waals surface area contributed by atoms with Gasteiger partial charge in [0.2, 0.25) is 5.95 Å². The lowest BCUT2D eigenvalue weighted by atomic mass is 10.2. The molecule has 132 valence electrons. The van der Waals surface area contributed by atoms with Crippen LogP contribution in [0.5, 0.6) is 0 Å². The maximum atomic E-state index is 12.6. The van der Waals surface area contributed by atoms with Gasteiger partial charge in [-0.25, -0.2) is 9.97 Å². The number of nitrogens with zero attached hydrogens (tertiary/aromatic N) is 2. The first-order valence-electron chi connectivity index (χ1n) is 7.92. The van der Waals surface area contributed by atoms with Crippen molar-refractivity contribution in [3.63, 3.8) is 0 Å². The van der Waals surface area contributed by atoms with E-state index in [1.54, 1.807) is 31.2 Å². The molecule has 3 aromatic rings. The van der Waals surface area contributed by atoms with Gasteiger partial charge in [-0.1, -0.05) is 59.6 Å². The average Bonchev–Trinajstić information content (AvgIpc) is 2.63. The summed E-state index contributed by atoms with van der Waals surface area (Å²) in [6, 6.07) is 16.5. The number of carbonyl (C=O) groups is 1. The number of aryl methyl sites for hydroxylation is 1. The summed E-state index contributed by atoms with van der Waals surface area (Å²) in [5.74, 6) is -0.0301. The lowest BCUT2D eigenvalue weighted by Gasteiger charge is -2.11. The lowest BCUT2D eigenvalue weighted by Crippen LogP contribution is -2.16. The van der Waals surface area contributed by atoms with Crippen LogP contribution in [0.3, 0.4) is 0 Å². The van der Waals surface area contributed by atoms with Crippen molar-refractivity contribution in [2.45, 2.75) is 13.5 Å². The Morgan fingerprint density at radius 2 is 1.69 bits per heavy atom. The molecule has 0 unspecified atom stereocenters. The minimum atomic E-state index is -0.409. The molecule has 0 atom stereocenters. The summed E-state index contributed by atoms with van der Waals surface area (Å²) in [5, 5.41) is 6.55. The normalized spacial score (nSPS) is 10.4. The van der Waals surface area contributed by atoms with Crippen LogP contribution in [-0.2, 0) is 6.54 Å². The predicted molar refractivity (Wildman–Crippen MR) is 105 cm³/mol. The van der Waals surface area contributed by atoms with E-state index < -0.39 is 5.91 Å². The number of hydrogen-bond acceptors (Lipinski definition) is 4. The zero-order chi connectivity index (χ0) is 18.5. The maximum Gasteiger partial charge on any atom is 0.274 e. The van der Waals surface area contributed by atoms with Crippen molar-refractivity contribution in [1.82, 2.24) is 9.97 Å². The molecule has 0 bridgehead atoms. The molecule has 2 aromatic carbocycles. The number of rotatable bonds is 5. The molecule has 1 amide bonds. The van der Waals surface area contributed by atoms with Crippen molar-refractivity contribution in [2.75, 3.05) is 10.6 Å². The van der Waals surface area contributed by atoms with Crippen LogP contribution < -0.4 is 10.6 Å². The molecule has 26 heavy (non-hydrogen) atoms. The number of anilines is 2. The molecule has 0 spiro atoms. The van der Waals surface area contributed by atoms with E-state index in [1.807, 2.05) is 30.3 Å². The van der Waals surface area contributed by atoms with Crippen LogP contribution in [0.2, 0.25) is 10.0 Å². The van der Waals surface area contributed by atoms with E-state index in [2.05, 4.69) is 20.6 Å². The van der Waals surface area contributed by atoms with Crippen molar-refractivity contribution < 1.29 is 4.79 Å². The Labute approximate surface area is 161 Å². The number of benzene rings is 2. The molecule has 0 saturated heterocycles. The molecule has 0 radical (unpaired) electrons. The highest BCUT2D eigenvalue weighted by atomic mass is 35.5. The zero-order valence-corrected chi connectivity index (χ0v) is 15.5. The van der Waals surface area contributed by atoms with Gasteiger partial charge in [-0.15, -0.1) is 0 Å². The number of amides is 1. The summed E-state index contributed by atoms with van der Waals surface area (Å²) in [7, 11) is 0. The molecule has 1 heterocycles. The number of halogens is 2. The second-order valence-corrected chi connectivity index (χ2v) is 6.42. The van der Waals surface area contributed by atoms with Gasteiger partial charge in [0.15, 0.2) is 0 Å². The first-order chi connectivity index (χ1) is 12.5. The van der Waals surface area contributed by atoms with Gasteiger partial charge >= 0.3 is 0 Å². The molecule has 0 aliphatic heterocycles. The van der Waals surface area contributed by atoms with E-state index in [4.69, 9.17) is 23.2 Å². The van der Waals surface area contributed by atoms with Gasteiger partial charge in [0, 0.05) is 12.2 Å². The Morgan fingerprint density at radius 1 is 1.00 bits per heavy atom. The molecular weight excluding hydrogens is 371 g/mol. The SMILES string of the molecule is Cc1cc(C(=O)Nc2c(Cl)cccc2Cl)nc(NCc2ccccc2)n1. The lowest BCUT2D eigenvalue weighted by molar-refractivity contribution is 0.102. The predicted octanol–water partition coefficient (Wildman–Crippen LogP) is 4.96. The maximum absolute atomic E-state index is 12.6. The first kappa shape index (κ1) is 18.2.